The van der Waals surface area contributed by atoms with Crippen LogP contribution in [0.4, 0.5) is 0 Å². The summed E-state index contributed by atoms with van der Waals surface area (Å²) < 4.78 is 4.75. The van der Waals surface area contributed by atoms with E-state index in [2.05, 4.69) is 16.2 Å². The Morgan fingerprint density at radius 3 is 2.33 bits per heavy atom. The van der Waals surface area contributed by atoms with Crippen molar-refractivity contribution in [3.05, 3.63) is 57.3 Å². The standard InChI is InChI=1S/C18H19N3O5S/c1-11-6-12(2)8-13(7-11)17(24)19-9-16(23)26-10-15(22)20-21-18(25)14-4-3-5-27-14/h3-8H,9-10H2,1-2H3,(H,19,24)(H,20,22)(H,21,25). The first kappa shape index (κ1) is 20.1. The number of hydrogen-bond donors (Lipinski definition) is 3. The number of thiophene rings is 1. The molecule has 0 aliphatic rings. The van der Waals surface area contributed by atoms with Crippen molar-refractivity contribution >= 4 is 35.0 Å². The molecule has 0 aliphatic heterocycles. The van der Waals surface area contributed by atoms with E-state index in [4.69, 9.17) is 4.74 Å². The second-order valence-electron chi connectivity index (χ2n) is 5.70. The zero-order chi connectivity index (χ0) is 19.8. The van der Waals surface area contributed by atoms with Crippen molar-refractivity contribution < 1.29 is 23.9 Å². The molecule has 1 aromatic heterocycles. The first-order valence-corrected chi connectivity index (χ1v) is 8.88. The first-order valence-electron chi connectivity index (χ1n) is 8.00. The number of hydrazine groups is 1. The summed E-state index contributed by atoms with van der Waals surface area (Å²) in [4.78, 5) is 47.3. The first-order chi connectivity index (χ1) is 12.8. The van der Waals surface area contributed by atoms with Gasteiger partial charge >= 0.3 is 5.97 Å². The van der Waals surface area contributed by atoms with Gasteiger partial charge in [0.1, 0.15) is 6.54 Å². The summed E-state index contributed by atoms with van der Waals surface area (Å²) in [6, 6.07) is 8.65. The predicted molar refractivity (Wildman–Crippen MR) is 99.1 cm³/mol. The van der Waals surface area contributed by atoms with E-state index in [1.807, 2.05) is 19.9 Å². The van der Waals surface area contributed by atoms with Crippen LogP contribution in [-0.2, 0) is 14.3 Å². The fourth-order valence-corrected chi connectivity index (χ4v) is 2.81. The van der Waals surface area contributed by atoms with Crippen LogP contribution in [0.5, 0.6) is 0 Å². The van der Waals surface area contributed by atoms with E-state index in [0.717, 1.165) is 11.1 Å². The average Bonchev–Trinajstić information content (AvgIpc) is 3.16. The number of amides is 3. The minimum atomic E-state index is -0.771. The molecule has 0 fully saturated rings. The molecule has 2 aromatic rings. The van der Waals surface area contributed by atoms with Gasteiger partial charge in [0.2, 0.25) is 0 Å². The highest BCUT2D eigenvalue weighted by Gasteiger charge is 2.12. The van der Waals surface area contributed by atoms with Crippen LogP contribution in [0.3, 0.4) is 0 Å². The summed E-state index contributed by atoms with van der Waals surface area (Å²) in [5.41, 5.74) is 6.64. The van der Waals surface area contributed by atoms with E-state index in [1.165, 1.54) is 11.3 Å². The fraction of sp³-hybridized carbons (Fsp3) is 0.222. The van der Waals surface area contributed by atoms with Crippen LogP contribution in [0.15, 0.2) is 35.7 Å². The van der Waals surface area contributed by atoms with Gasteiger partial charge in [-0.15, -0.1) is 11.3 Å². The molecule has 1 heterocycles. The van der Waals surface area contributed by atoms with E-state index >= 15 is 0 Å². The van der Waals surface area contributed by atoms with Crippen molar-refractivity contribution in [3.63, 3.8) is 0 Å². The zero-order valence-corrected chi connectivity index (χ0v) is 15.6. The molecule has 0 saturated heterocycles. The maximum atomic E-state index is 12.0. The quantitative estimate of drug-likeness (QED) is 0.506. The SMILES string of the molecule is Cc1cc(C)cc(C(=O)NCC(=O)OCC(=O)NNC(=O)c2cccs2)c1. The third kappa shape index (κ3) is 6.55. The Balaban J connectivity index is 1.68. The van der Waals surface area contributed by atoms with Crippen LogP contribution >= 0.6 is 11.3 Å². The van der Waals surface area contributed by atoms with Gasteiger partial charge in [0.15, 0.2) is 6.61 Å². The van der Waals surface area contributed by atoms with Crippen molar-refractivity contribution in [1.29, 1.82) is 0 Å². The lowest BCUT2D eigenvalue weighted by atomic mass is 10.1. The number of ether oxygens (including phenoxy) is 1. The van der Waals surface area contributed by atoms with Crippen molar-refractivity contribution in [2.75, 3.05) is 13.2 Å². The number of aryl methyl sites for hydroxylation is 2. The number of carbonyl (C=O) groups excluding carboxylic acids is 4. The van der Waals surface area contributed by atoms with Gasteiger partial charge in [-0.25, -0.2) is 0 Å². The minimum Gasteiger partial charge on any atom is -0.454 e. The van der Waals surface area contributed by atoms with Crippen LogP contribution < -0.4 is 16.2 Å². The third-order valence-electron chi connectivity index (χ3n) is 3.30. The average molecular weight is 389 g/mol. The smallest absolute Gasteiger partial charge is 0.325 e. The molecule has 0 atom stereocenters. The number of rotatable bonds is 6. The largest absolute Gasteiger partial charge is 0.454 e. The fourth-order valence-electron chi connectivity index (χ4n) is 2.19. The third-order valence-corrected chi connectivity index (χ3v) is 4.17. The highest BCUT2D eigenvalue weighted by molar-refractivity contribution is 7.12. The van der Waals surface area contributed by atoms with E-state index in [-0.39, 0.29) is 6.54 Å². The molecule has 2 rings (SSSR count). The number of hydrogen-bond acceptors (Lipinski definition) is 6. The summed E-state index contributed by atoms with van der Waals surface area (Å²) in [5.74, 6) is -2.35. The highest BCUT2D eigenvalue weighted by Crippen LogP contribution is 2.08. The van der Waals surface area contributed by atoms with E-state index in [9.17, 15) is 19.2 Å². The molecule has 1 aromatic carbocycles. The lowest BCUT2D eigenvalue weighted by Crippen LogP contribution is -2.43. The van der Waals surface area contributed by atoms with Gasteiger partial charge < -0.3 is 10.1 Å². The highest BCUT2D eigenvalue weighted by atomic mass is 32.1. The molecule has 0 bridgehead atoms. The maximum absolute atomic E-state index is 12.0. The number of benzene rings is 1. The maximum Gasteiger partial charge on any atom is 0.325 e. The molecular weight excluding hydrogens is 370 g/mol. The number of esters is 1. The second-order valence-corrected chi connectivity index (χ2v) is 6.65. The van der Waals surface area contributed by atoms with Crippen molar-refractivity contribution in [1.82, 2.24) is 16.2 Å². The van der Waals surface area contributed by atoms with Crippen LogP contribution in [0.2, 0.25) is 0 Å². The molecule has 3 N–H and O–H groups in total. The lowest BCUT2D eigenvalue weighted by Gasteiger charge is -2.09. The predicted octanol–water partition coefficient (Wildman–Crippen LogP) is 1.10. The Hall–Kier alpha value is -3.20. The normalized spacial score (nSPS) is 10.0. The summed E-state index contributed by atoms with van der Waals surface area (Å²) in [6.07, 6.45) is 0. The number of nitrogens with one attached hydrogen (secondary N) is 3. The van der Waals surface area contributed by atoms with Crippen molar-refractivity contribution in [2.24, 2.45) is 0 Å². The molecule has 0 spiro atoms. The molecular formula is C18H19N3O5S. The van der Waals surface area contributed by atoms with Gasteiger partial charge in [0, 0.05) is 5.56 Å². The van der Waals surface area contributed by atoms with Gasteiger partial charge in [-0.05, 0) is 37.4 Å². The molecule has 9 heteroatoms. The Morgan fingerprint density at radius 1 is 1.00 bits per heavy atom. The van der Waals surface area contributed by atoms with Crippen molar-refractivity contribution in [3.8, 4) is 0 Å². The van der Waals surface area contributed by atoms with Crippen LogP contribution in [-0.4, -0.2) is 36.8 Å². The van der Waals surface area contributed by atoms with Crippen molar-refractivity contribution in [2.45, 2.75) is 13.8 Å². The Labute approximate surface area is 159 Å². The summed E-state index contributed by atoms with van der Waals surface area (Å²) >= 11 is 1.22. The topological polar surface area (TPSA) is 114 Å². The van der Waals surface area contributed by atoms with Gasteiger partial charge in [0.25, 0.3) is 17.7 Å². The number of carbonyl (C=O) groups is 4. The van der Waals surface area contributed by atoms with Crippen LogP contribution in [0.25, 0.3) is 0 Å². The van der Waals surface area contributed by atoms with E-state index < -0.39 is 30.3 Å². The zero-order valence-electron chi connectivity index (χ0n) is 14.8. The lowest BCUT2D eigenvalue weighted by molar-refractivity contribution is -0.147. The molecule has 0 unspecified atom stereocenters. The molecule has 27 heavy (non-hydrogen) atoms. The molecule has 0 aliphatic carbocycles. The Kier molecular flexibility index (Phi) is 7.07. The Bertz CT molecular complexity index is 828. The Morgan fingerprint density at radius 2 is 1.70 bits per heavy atom. The molecule has 142 valence electrons. The van der Waals surface area contributed by atoms with E-state index in [1.54, 1.807) is 29.6 Å². The summed E-state index contributed by atoms with van der Waals surface area (Å²) in [6.45, 7) is 2.78. The van der Waals surface area contributed by atoms with E-state index in [0.29, 0.717) is 10.4 Å². The molecule has 8 nitrogen and oxygen atoms in total. The second kappa shape index (κ2) is 9.48. The summed E-state index contributed by atoms with van der Waals surface area (Å²) in [5, 5.41) is 4.16. The van der Waals surface area contributed by atoms with Crippen LogP contribution in [0.1, 0.15) is 31.2 Å². The van der Waals surface area contributed by atoms with Gasteiger partial charge in [0.05, 0.1) is 4.88 Å². The van der Waals surface area contributed by atoms with Gasteiger partial charge in [-0.2, -0.15) is 0 Å². The minimum absolute atomic E-state index is 0.374. The van der Waals surface area contributed by atoms with Gasteiger partial charge in [-0.1, -0.05) is 23.3 Å². The monoisotopic (exact) mass is 389 g/mol. The molecule has 0 radical (unpaired) electrons. The molecule has 3 amide bonds. The molecule has 0 saturated carbocycles. The van der Waals surface area contributed by atoms with Gasteiger partial charge in [-0.3, -0.25) is 30.0 Å². The summed E-state index contributed by atoms with van der Waals surface area (Å²) in [7, 11) is 0. The van der Waals surface area contributed by atoms with Crippen LogP contribution in [0, 0.1) is 13.8 Å².